The van der Waals surface area contributed by atoms with Gasteiger partial charge in [-0.2, -0.15) is 0 Å². The monoisotopic (exact) mass is 518 g/mol. The maximum Gasteiger partial charge on any atom is 0.234 e. The van der Waals surface area contributed by atoms with Gasteiger partial charge in [-0.1, -0.05) is 36.4 Å². The summed E-state index contributed by atoms with van der Waals surface area (Å²) in [6.07, 6.45) is -0.578. The van der Waals surface area contributed by atoms with Gasteiger partial charge in [0.1, 0.15) is 18.5 Å². The molecule has 5 rings (SSSR count). The molecule has 1 saturated heterocycles. The number of benzene rings is 3. The van der Waals surface area contributed by atoms with E-state index in [9.17, 15) is 9.90 Å². The third-order valence-corrected chi connectivity index (χ3v) is 7.81. The number of piperazine rings is 1. The van der Waals surface area contributed by atoms with Crippen molar-refractivity contribution in [2.45, 2.75) is 26.0 Å². The summed E-state index contributed by atoms with van der Waals surface area (Å²) in [4.78, 5) is 21.6. The highest BCUT2D eigenvalue weighted by molar-refractivity contribution is 7.18. The number of aromatic nitrogens is 1. The van der Waals surface area contributed by atoms with E-state index < -0.39 is 6.10 Å². The van der Waals surface area contributed by atoms with Crippen LogP contribution in [0.5, 0.6) is 5.75 Å². The largest absolute Gasteiger partial charge is 0.491 e. The number of β-amino-alcohol motifs (C(OH)–C–C–N with tert-alkyl or cyclic N) is 1. The molecule has 0 radical (unpaired) electrons. The summed E-state index contributed by atoms with van der Waals surface area (Å²) in [5.74, 6) is 0.764. The number of ether oxygens (including phenoxy) is 1. The van der Waals surface area contributed by atoms with E-state index in [0.717, 1.165) is 52.7 Å². The first kappa shape index (κ1) is 25.6. The molecular weight excluding hydrogens is 484 g/mol. The number of hydrogen-bond acceptors (Lipinski definition) is 7. The Kier molecular flexibility index (Phi) is 8.00. The van der Waals surface area contributed by atoms with Crippen molar-refractivity contribution in [3.8, 4) is 5.75 Å². The molecule has 1 aromatic heterocycles. The first-order chi connectivity index (χ1) is 17.9. The Morgan fingerprint density at radius 1 is 1.05 bits per heavy atom. The van der Waals surface area contributed by atoms with Crippen LogP contribution in [0.4, 0.5) is 0 Å². The predicted octanol–water partition coefficient (Wildman–Crippen LogP) is 3.99. The van der Waals surface area contributed by atoms with Crippen LogP contribution < -0.4 is 10.1 Å². The van der Waals surface area contributed by atoms with Crippen LogP contribution in [0.3, 0.4) is 0 Å². The molecule has 7 nitrogen and oxygen atoms in total. The normalized spacial score (nSPS) is 16.6. The van der Waals surface area contributed by atoms with Gasteiger partial charge in [0.15, 0.2) is 0 Å². The van der Waals surface area contributed by atoms with Crippen LogP contribution in [0.1, 0.15) is 23.5 Å². The van der Waals surface area contributed by atoms with Gasteiger partial charge in [-0.3, -0.25) is 14.6 Å². The Morgan fingerprint density at radius 3 is 2.62 bits per heavy atom. The molecule has 1 fully saturated rings. The van der Waals surface area contributed by atoms with E-state index in [1.165, 1.54) is 10.8 Å². The van der Waals surface area contributed by atoms with Gasteiger partial charge in [0.05, 0.1) is 27.8 Å². The van der Waals surface area contributed by atoms with Gasteiger partial charge >= 0.3 is 0 Å². The van der Waals surface area contributed by atoms with Crippen molar-refractivity contribution < 1.29 is 14.6 Å². The zero-order valence-corrected chi connectivity index (χ0v) is 22.2. The van der Waals surface area contributed by atoms with Crippen molar-refractivity contribution in [2.24, 2.45) is 0 Å². The highest BCUT2D eigenvalue weighted by atomic mass is 32.1. The summed E-state index contributed by atoms with van der Waals surface area (Å²) in [5.41, 5.74) is 2.04. The number of aryl methyl sites for hydroxylation is 1. The molecule has 1 aliphatic rings. The van der Waals surface area contributed by atoms with Crippen molar-refractivity contribution in [3.63, 3.8) is 0 Å². The SMILES string of the molecule is Cc1nc2cc(OCC(O)CN3CCN(CC(=O)N[C@@H](C)c4ccc5ccccc5c4)CC3)ccc2s1. The molecule has 194 valence electrons. The van der Waals surface area contributed by atoms with Crippen LogP contribution in [-0.2, 0) is 4.79 Å². The number of carbonyl (C=O) groups excluding carboxylic acids is 1. The van der Waals surface area contributed by atoms with Gasteiger partial charge < -0.3 is 15.2 Å². The van der Waals surface area contributed by atoms with E-state index in [-0.39, 0.29) is 18.6 Å². The average molecular weight is 519 g/mol. The number of carbonyl (C=O) groups is 1. The molecule has 0 bridgehead atoms. The molecule has 8 heteroatoms. The first-order valence-electron chi connectivity index (χ1n) is 12.8. The fourth-order valence-corrected chi connectivity index (χ4v) is 5.64. The molecule has 37 heavy (non-hydrogen) atoms. The maximum absolute atomic E-state index is 12.7. The van der Waals surface area contributed by atoms with E-state index in [4.69, 9.17) is 4.74 Å². The molecule has 1 amide bonds. The molecule has 0 saturated carbocycles. The Morgan fingerprint density at radius 2 is 1.81 bits per heavy atom. The lowest BCUT2D eigenvalue weighted by Crippen LogP contribution is -2.51. The Bertz CT molecular complexity index is 1370. The lowest BCUT2D eigenvalue weighted by molar-refractivity contribution is -0.123. The lowest BCUT2D eigenvalue weighted by atomic mass is 10.0. The lowest BCUT2D eigenvalue weighted by Gasteiger charge is -2.35. The van der Waals surface area contributed by atoms with Gasteiger partial charge in [0.25, 0.3) is 0 Å². The van der Waals surface area contributed by atoms with Crippen molar-refractivity contribution >= 4 is 38.2 Å². The second-order valence-electron chi connectivity index (χ2n) is 9.80. The number of amides is 1. The second kappa shape index (κ2) is 11.6. The summed E-state index contributed by atoms with van der Waals surface area (Å²) >= 11 is 1.66. The number of aliphatic hydroxyl groups is 1. The molecule has 2 atom stereocenters. The predicted molar refractivity (Wildman–Crippen MR) is 149 cm³/mol. The summed E-state index contributed by atoms with van der Waals surface area (Å²) in [6, 6.07) is 20.4. The van der Waals surface area contributed by atoms with Crippen molar-refractivity contribution in [2.75, 3.05) is 45.9 Å². The standard InChI is InChI=1S/C29H34N4O3S/c1-20(23-8-7-22-5-3-4-6-24(22)15-23)30-29(35)18-33-13-11-32(12-14-33)17-25(34)19-36-26-9-10-28-27(16-26)31-21(2)37-28/h3-10,15-16,20,25,34H,11-14,17-19H2,1-2H3,(H,30,35)/t20-,25?/m0/s1. The Balaban J connectivity index is 1.02. The van der Waals surface area contributed by atoms with Crippen LogP contribution in [0.25, 0.3) is 21.0 Å². The maximum atomic E-state index is 12.7. The zero-order valence-electron chi connectivity index (χ0n) is 21.4. The van der Waals surface area contributed by atoms with E-state index in [1.54, 1.807) is 11.3 Å². The number of nitrogens with zero attached hydrogens (tertiary/aromatic N) is 3. The first-order valence-corrected chi connectivity index (χ1v) is 13.7. The van der Waals surface area contributed by atoms with E-state index in [2.05, 4.69) is 50.4 Å². The van der Waals surface area contributed by atoms with Crippen LogP contribution >= 0.6 is 11.3 Å². The van der Waals surface area contributed by atoms with Crippen molar-refractivity contribution in [1.29, 1.82) is 0 Å². The number of fused-ring (bicyclic) bond motifs is 2. The molecule has 1 aliphatic heterocycles. The number of rotatable bonds is 9. The van der Waals surface area contributed by atoms with Gasteiger partial charge in [-0.25, -0.2) is 4.98 Å². The van der Waals surface area contributed by atoms with E-state index >= 15 is 0 Å². The highest BCUT2D eigenvalue weighted by Crippen LogP contribution is 2.25. The molecule has 0 aliphatic carbocycles. The van der Waals surface area contributed by atoms with Crippen LogP contribution in [0.15, 0.2) is 60.7 Å². The Hall–Kier alpha value is -3.04. The number of hydrogen-bond donors (Lipinski definition) is 2. The highest BCUT2D eigenvalue weighted by Gasteiger charge is 2.22. The number of aliphatic hydroxyl groups excluding tert-OH is 1. The molecule has 3 aromatic carbocycles. The molecule has 0 spiro atoms. The summed E-state index contributed by atoms with van der Waals surface area (Å²) in [5, 5.41) is 17.1. The summed E-state index contributed by atoms with van der Waals surface area (Å²) in [6.45, 7) is 8.42. The fraction of sp³-hybridized carbons (Fsp3) is 0.379. The quantitative estimate of drug-likeness (QED) is 0.349. The van der Waals surface area contributed by atoms with Gasteiger partial charge in [-0.05, 0) is 48.4 Å². The average Bonchev–Trinajstić information content (AvgIpc) is 3.27. The van der Waals surface area contributed by atoms with Gasteiger partial charge in [-0.15, -0.1) is 11.3 Å². The smallest absolute Gasteiger partial charge is 0.234 e. The van der Waals surface area contributed by atoms with Crippen molar-refractivity contribution in [1.82, 2.24) is 20.1 Å². The van der Waals surface area contributed by atoms with Crippen LogP contribution in [0, 0.1) is 6.92 Å². The topological polar surface area (TPSA) is 77.9 Å². The van der Waals surface area contributed by atoms with Crippen molar-refractivity contribution in [3.05, 3.63) is 71.2 Å². The number of nitrogens with one attached hydrogen (secondary N) is 1. The molecule has 2 N–H and O–H groups in total. The summed E-state index contributed by atoms with van der Waals surface area (Å²) < 4.78 is 6.96. The minimum atomic E-state index is -0.578. The second-order valence-corrected chi connectivity index (χ2v) is 11.0. The minimum absolute atomic E-state index is 0.0369. The molecule has 4 aromatic rings. The minimum Gasteiger partial charge on any atom is -0.491 e. The molecule has 1 unspecified atom stereocenters. The Labute approximate surface area is 221 Å². The van der Waals surface area contributed by atoms with Crippen LogP contribution in [-0.4, -0.2) is 77.8 Å². The van der Waals surface area contributed by atoms with Gasteiger partial charge in [0.2, 0.25) is 5.91 Å². The third kappa shape index (κ3) is 6.64. The summed E-state index contributed by atoms with van der Waals surface area (Å²) in [7, 11) is 0. The van der Waals surface area contributed by atoms with Crippen LogP contribution in [0.2, 0.25) is 0 Å². The molecule has 2 heterocycles. The van der Waals surface area contributed by atoms with Gasteiger partial charge in [0, 0.05) is 38.8 Å². The van der Waals surface area contributed by atoms with E-state index in [1.807, 2.05) is 44.2 Å². The third-order valence-electron chi connectivity index (χ3n) is 6.86. The van der Waals surface area contributed by atoms with E-state index in [0.29, 0.717) is 13.1 Å². The fourth-order valence-electron chi connectivity index (χ4n) is 4.84. The zero-order chi connectivity index (χ0) is 25.8. The molecular formula is C29H34N4O3S. The number of thiazole rings is 1.